The maximum atomic E-state index is 11.3. The summed E-state index contributed by atoms with van der Waals surface area (Å²) < 4.78 is 0. The number of amides is 1. The second-order valence-corrected chi connectivity index (χ2v) is 5.12. The fourth-order valence-corrected chi connectivity index (χ4v) is 1.98. The van der Waals surface area contributed by atoms with Gasteiger partial charge in [0, 0.05) is 19.2 Å². The van der Waals surface area contributed by atoms with E-state index in [0.29, 0.717) is 13.0 Å². The maximum absolute atomic E-state index is 11.3. The van der Waals surface area contributed by atoms with Crippen LogP contribution in [0.2, 0.25) is 0 Å². The lowest BCUT2D eigenvalue weighted by molar-refractivity contribution is -0.144. The molecule has 1 atom stereocenters. The van der Waals surface area contributed by atoms with Crippen molar-refractivity contribution in [3.8, 4) is 0 Å². The van der Waals surface area contributed by atoms with Gasteiger partial charge in [0.2, 0.25) is 5.91 Å². The Morgan fingerprint density at radius 3 is 2.30 bits per heavy atom. The van der Waals surface area contributed by atoms with Gasteiger partial charge in [-0.15, -0.1) is 0 Å². The Kier molecular flexibility index (Phi) is 5.70. The van der Waals surface area contributed by atoms with E-state index in [-0.39, 0.29) is 5.91 Å². The number of hydrogen-bond donors (Lipinski definition) is 3. The van der Waals surface area contributed by atoms with Crippen molar-refractivity contribution < 1.29 is 14.7 Å². The van der Waals surface area contributed by atoms with Crippen molar-refractivity contribution >= 4 is 17.6 Å². The molecule has 0 bridgehead atoms. The SMILES string of the molecule is CCCC(C)(NCc1ccc(NC(C)=O)cc1)C(=O)O. The minimum absolute atomic E-state index is 0.114. The molecular weight excluding hydrogens is 256 g/mol. The van der Waals surface area contributed by atoms with Gasteiger partial charge in [0.25, 0.3) is 0 Å². The summed E-state index contributed by atoms with van der Waals surface area (Å²) in [7, 11) is 0. The monoisotopic (exact) mass is 278 g/mol. The average Bonchev–Trinajstić information content (AvgIpc) is 2.37. The number of hydrogen-bond acceptors (Lipinski definition) is 3. The van der Waals surface area contributed by atoms with Crippen LogP contribution in [-0.2, 0) is 16.1 Å². The van der Waals surface area contributed by atoms with Crippen LogP contribution in [-0.4, -0.2) is 22.5 Å². The molecule has 0 saturated heterocycles. The molecule has 0 fully saturated rings. The van der Waals surface area contributed by atoms with E-state index in [0.717, 1.165) is 17.7 Å². The van der Waals surface area contributed by atoms with E-state index < -0.39 is 11.5 Å². The van der Waals surface area contributed by atoms with E-state index in [1.807, 2.05) is 19.1 Å². The highest BCUT2D eigenvalue weighted by Crippen LogP contribution is 2.15. The van der Waals surface area contributed by atoms with Crippen LogP contribution in [0.1, 0.15) is 39.2 Å². The van der Waals surface area contributed by atoms with E-state index >= 15 is 0 Å². The molecule has 0 aromatic heterocycles. The van der Waals surface area contributed by atoms with Gasteiger partial charge in [-0.1, -0.05) is 25.5 Å². The molecule has 0 saturated carbocycles. The molecule has 0 radical (unpaired) electrons. The van der Waals surface area contributed by atoms with Crippen LogP contribution in [0.5, 0.6) is 0 Å². The highest BCUT2D eigenvalue weighted by molar-refractivity contribution is 5.88. The minimum Gasteiger partial charge on any atom is -0.480 e. The predicted octanol–water partition coefficient (Wildman–Crippen LogP) is 2.38. The van der Waals surface area contributed by atoms with Gasteiger partial charge in [-0.25, -0.2) is 0 Å². The van der Waals surface area contributed by atoms with Crippen molar-refractivity contribution in [3.63, 3.8) is 0 Å². The van der Waals surface area contributed by atoms with Crippen molar-refractivity contribution in [1.82, 2.24) is 5.32 Å². The minimum atomic E-state index is -0.912. The molecule has 5 nitrogen and oxygen atoms in total. The van der Waals surface area contributed by atoms with E-state index in [1.54, 1.807) is 19.1 Å². The Hall–Kier alpha value is -1.88. The molecule has 0 aliphatic heterocycles. The average molecular weight is 278 g/mol. The predicted molar refractivity (Wildman–Crippen MR) is 78.5 cm³/mol. The Labute approximate surface area is 119 Å². The summed E-state index contributed by atoms with van der Waals surface area (Å²) in [4.78, 5) is 22.2. The topological polar surface area (TPSA) is 78.4 Å². The molecule has 1 rings (SSSR count). The number of carbonyl (C=O) groups is 2. The lowest BCUT2D eigenvalue weighted by Gasteiger charge is -2.26. The van der Waals surface area contributed by atoms with Gasteiger partial charge in [-0.3, -0.25) is 14.9 Å². The molecule has 110 valence electrons. The van der Waals surface area contributed by atoms with Crippen LogP contribution in [0.3, 0.4) is 0 Å². The Balaban J connectivity index is 2.64. The first-order valence-electron chi connectivity index (χ1n) is 6.72. The first kappa shape index (κ1) is 16.2. The summed E-state index contributed by atoms with van der Waals surface area (Å²) in [6.45, 7) is 5.59. The van der Waals surface area contributed by atoms with E-state index in [9.17, 15) is 14.7 Å². The summed E-state index contributed by atoms with van der Waals surface area (Å²) in [5, 5.41) is 15.1. The molecule has 0 aliphatic carbocycles. The molecule has 1 unspecified atom stereocenters. The maximum Gasteiger partial charge on any atom is 0.323 e. The van der Waals surface area contributed by atoms with Crippen molar-refractivity contribution in [2.75, 3.05) is 5.32 Å². The standard InChI is InChI=1S/C15H22N2O3/c1-4-9-15(3,14(19)20)16-10-12-5-7-13(8-6-12)17-11(2)18/h5-8,16H,4,9-10H2,1-3H3,(H,17,18)(H,19,20). The summed E-state index contributed by atoms with van der Waals surface area (Å²) >= 11 is 0. The van der Waals surface area contributed by atoms with Gasteiger partial charge in [0.05, 0.1) is 0 Å². The van der Waals surface area contributed by atoms with Crippen molar-refractivity contribution in [2.45, 2.75) is 45.7 Å². The molecule has 0 heterocycles. The molecule has 20 heavy (non-hydrogen) atoms. The summed E-state index contributed by atoms with van der Waals surface area (Å²) in [5.41, 5.74) is 0.795. The zero-order valence-corrected chi connectivity index (χ0v) is 12.2. The number of carbonyl (C=O) groups excluding carboxylic acids is 1. The fraction of sp³-hybridized carbons (Fsp3) is 0.467. The molecule has 1 aromatic rings. The van der Waals surface area contributed by atoms with Gasteiger partial charge in [-0.05, 0) is 31.0 Å². The highest BCUT2D eigenvalue weighted by Gasteiger charge is 2.31. The summed E-state index contributed by atoms with van der Waals surface area (Å²) in [6.07, 6.45) is 1.38. The molecule has 5 heteroatoms. The van der Waals surface area contributed by atoms with Crippen LogP contribution in [0.4, 0.5) is 5.69 Å². The van der Waals surface area contributed by atoms with Gasteiger partial charge < -0.3 is 10.4 Å². The number of aliphatic carboxylic acids is 1. The fourth-order valence-electron chi connectivity index (χ4n) is 1.98. The first-order valence-corrected chi connectivity index (χ1v) is 6.72. The number of benzene rings is 1. The van der Waals surface area contributed by atoms with Crippen molar-refractivity contribution in [2.24, 2.45) is 0 Å². The Morgan fingerprint density at radius 2 is 1.85 bits per heavy atom. The largest absolute Gasteiger partial charge is 0.480 e. The summed E-state index contributed by atoms with van der Waals surface area (Å²) in [6, 6.07) is 7.34. The number of carboxylic acids is 1. The zero-order chi connectivity index (χ0) is 15.2. The van der Waals surface area contributed by atoms with Gasteiger partial charge >= 0.3 is 5.97 Å². The zero-order valence-electron chi connectivity index (χ0n) is 12.2. The number of rotatable bonds is 7. The van der Waals surface area contributed by atoms with E-state index in [2.05, 4.69) is 10.6 Å². The van der Waals surface area contributed by atoms with E-state index in [4.69, 9.17) is 0 Å². The molecule has 0 aliphatic rings. The number of carboxylic acid groups (broad SMARTS) is 1. The molecule has 3 N–H and O–H groups in total. The molecule has 0 spiro atoms. The third kappa shape index (κ3) is 4.66. The van der Waals surface area contributed by atoms with E-state index in [1.165, 1.54) is 6.92 Å². The molecule has 1 amide bonds. The molecular formula is C15H22N2O3. The van der Waals surface area contributed by atoms with Crippen LogP contribution in [0.25, 0.3) is 0 Å². The lowest BCUT2D eigenvalue weighted by atomic mass is 9.96. The van der Waals surface area contributed by atoms with Crippen LogP contribution < -0.4 is 10.6 Å². The highest BCUT2D eigenvalue weighted by atomic mass is 16.4. The van der Waals surface area contributed by atoms with Crippen LogP contribution in [0.15, 0.2) is 24.3 Å². The Bertz CT molecular complexity index is 471. The Morgan fingerprint density at radius 1 is 1.25 bits per heavy atom. The second-order valence-electron chi connectivity index (χ2n) is 5.12. The molecule has 1 aromatic carbocycles. The third-order valence-electron chi connectivity index (χ3n) is 3.18. The quantitative estimate of drug-likeness (QED) is 0.715. The lowest BCUT2D eigenvalue weighted by Crippen LogP contribution is -2.48. The normalized spacial score (nSPS) is 13.6. The summed E-state index contributed by atoms with van der Waals surface area (Å²) in [5.74, 6) is -0.952. The smallest absolute Gasteiger partial charge is 0.323 e. The second kappa shape index (κ2) is 7.05. The number of nitrogens with one attached hydrogen (secondary N) is 2. The van der Waals surface area contributed by atoms with Gasteiger partial charge in [0.15, 0.2) is 0 Å². The van der Waals surface area contributed by atoms with Crippen LogP contribution in [0, 0.1) is 0 Å². The van der Waals surface area contributed by atoms with Crippen molar-refractivity contribution in [1.29, 1.82) is 0 Å². The van der Waals surface area contributed by atoms with Gasteiger partial charge in [0.1, 0.15) is 5.54 Å². The third-order valence-corrected chi connectivity index (χ3v) is 3.18. The van der Waals surface area contributed by atoms with Crippen LogP contribution >= 0.6 is 0 Å². The number of anilines is 1. The van der Waals surface area contributed by atoms with Crippen molar-refractivity contribution in [3.05, 3.63) is 29.8 Å². The van der Waals surface area contributed by atoms with Gasteiger partial charge in [-0.2, -0.15) is 0 Å². The first-order chi connectivity index (χ1) is 9.37.